The van der Waals surface area contributed by atoms with Gasteiger partial charge in [-0.3, -0.25) is 10.3 Å². The van der Waals surface area contributed by atoms with Gasteiger partial charge in [0.15, 0.2) is 0 Å². The van der Waals surface area contributed by atoms with Crippen molar-refractivity contribution in [3.05, 3.63) is 71.8 Å². The largest absolute Gasteiger partial charge is 0.444 e. The Balaban J connectivity index is 2.17. The summed E-state index contributed by atoms with van der Waals surface area (Å²) in [6.07, 6.45) is -0.506. The lowest BCUT2D eigenvalue weighted by atomic mass is 10.2. The number of carbonyl (C=O) groups is 1. The third kappa shape index (κ3) is 5.94. The molecule has 2 aromatic rings. The van der Waals surface area contributed by atoms with Crippen molar-refractivity contribution in [2.75, 3.05) is 0 Å². The van der Waals surface area contributed by atoms with Gasteiger partial charge in [0.05, 0.1) is 6.54 Å². The molecule has 1 N–H and O–H groups in total. The number of amides is 1. The van der Waals surface area contributed by atoms with Crippen LogP contribution < -0.4 is 5.32 Å². The van der Waals surface area contributed by atoms with Crippen LogP contribution in [-0.4, -0.2) is 17.5 Å². The third-order valence-corrected chi connectivity index (χ3v) is 2.93. The molecule has 0 radical (unpaired) electrons. The highest BCUT2D eigenvalue weighted by Gasteiger charge is 2.17. The molecule has 0 atom stereocenters. The maximum atomic E-state index is 12.0. The average molecular weight is 310 g/mol. The molecule has 0 saturated carbocycles. The zero-order chi connectivity index (χ0) is 16.7. The maximum absolute atomic E-state index is 12.0. The van der Waals surface area contributed by atoms with E-state index in [1.807, 2.05) is 81.4 Å². The Labute approximate surface area is 137 Å². The Hall–Kier alpha value is -2.62. The standard InChI is InChI=1S/C19H22N2O2/c1-19(2,3)23-18(22)21-17(16-12-8-5-9-13-16)20-14-15-10-6-4-7-11-15/h4-13H,14H2,1-3H3,(H,20,21,22). The van der Waals surface area contributed by atoms with Crippen molar-refractivity contribution in [2.45, 2.75) is 32.9 Å². The fourth-order valence-corrected chi connectivity index (χ4v) is 1.95. The van der Waals surface area contributed by atoms with Crippen molar-refractivity contribution in [2.24, 2.45) is 4.99 Å². The highest BCUT2D eigenvalue weighted by molar-refractivity contribution is 6.06. The van der Waals surface area contributed by atoms with Gasteiger partial charge in [0.2, 0.25) is 0 Å². The van der Waals surface area contributed by atoms with Crippen LogP contribution in [0.15, 0.2) is 65.7 Å². The van der Waals surface area contributed by atoms with Gasteiger partial charge in [-0.25, -0.2) is 4.79 Å². The van der Waals surface area contributed by atoms with Crippen LogP contribution in [0.5, 0.6) is 0 Å². The smallest absolute Gasteiger partial charge is 0.413 e. The van der Waals surface area contributed by atoms with Crippen molar-refractivity contribution >= 4 is 11.9 Å². The van der Waals surface area contributed by atoms with Crippen LogP contribution in [0.2, 0.25) is 0 Å². The number of hydrogen-bond donors (Lipinski definition) is 1. The van der Waals surface area contributed by atoms with Crippen molar-refractivity contribution in [1.29, 1.82) is 0 Å². The Bertz CT molecular complexity index is 659. The second-order valence-electron chi connectivity index (χ2n) is 6.14. The first-order chi connectivity index (χ1) is 10.9. The maximum Gasteiger partial charge on any atom is 0.413 e. The van der Waals surface area contributed by atoms with Crippen molar-refractivity contribution in [3.8, 4) is 0 Å². The van der Waals surface area contributed by atoms with E-state index in [-0.39, 0.29) is 0 Å². The van der Waals surface area contributed by atoms with Gasteiger partial charge < -0.3 is 4.74 Å². The van der Waals surface area contributed by atoms with E-state index in [1.165, 1.54) is 0 Å². The zero-order valence-electron chi connectivity index (χ0n) is 13.7. The summed E-state index contributed by atoms with van der Waals surface area (Å²) in [6.45, 7) is 5.97. The lowest BCUT2D eigenvalue weighted by molar-refractivity contribution is 0.0563. The van der Waals surface area contributed by atoms with Crippen LogP contribution in [-0.2, 0) is 11.3 Å². The summed E-state index contributed by atoms with van der Waals surface area (Å²) in [5, 5.41) is 2.75. The molecule has 0 aliphatic rings. The summed E-state index contributed by atoms with van der Waals surface area (Å²) in [4.78, 5) is 16.6. The van der Waals surface area contributed by atoms with Crippen molar-refractivity contribution in [1.82, 2.24) is 5.32 Å². The van der Waals surface area contributed by atoms with Crippen LogP contribution >= 0.6 is 0 Å². The molecule has 0 bridgehead atoms. The molecule has 0 aliphatic heterocycles. The summed E-state index contributed by atoms with van der Waals surface area (Å²) in [6, 6.07) is 19.4. The third-order valence-electron chi connectivity index (χ3n) is 2.93. The minimum absolute atomic E-state index is 0.487. The molecule has 0 saturated heterocycles. The van der Waals surface area contributed by atoms with Crippen LogP contribution in [0.25, 0.3) is 0 Å². The minimum atomic E-state index is -0.550. The molecule has 0 spiro atoms. The monoisotopic (exact) mass is 310 g/mol. The molecule has 4 heteroatoms. The number of amidine groups is 1. The Morgan fingerprint density at radius 3 is 2.13 bits per heavy atom. The van der Waals surface area contributed by atoms with Gasteiger partial charge in [0.1, 0.15) is 11.4 Å². The van der Waals surface area contributed by atoms with E-state index in [4.69, 9.17) is 4.74 Å². The summed E-state index contributed by atoms with van der Waals surface area (Å²) in [5.41, 5.74) is 1.37. The number of rotatable bonds is 3. The number of ether oxygens (including phenoxy) is 1. The number of nitrogens with zero attached hydrogens (tertiary/aromatic N) is 1. The SMILES string of the molecule is CC(C)(C)OC(=O)NC(=NCc1ccccc1)c1ccccc1. The molecular formula is C19H22N2O2. The van der Waals surface area contributed by atoms with Gasteiger partial charge in [0, 0.05) is 5.56 Å². The quantitative estimate of drug-likeness (QED) is 0.683. The average Bonchev–Trinajstić information content (AvgIpc) is 2.51. The zero-order valence-corrected chi connectivity index (χ0v) is 13.7. The summed E-state index contributed by atoms with van der Waals surface area (Å²) in [5.74, 6) is 0.503. The molecule has 0 aliphatic carbocycles. The number of alkyl carbamates (subject to hydrolysis) is 1. The summed E-state index contributed by atoms with van der Waals surface area (Å²) in [7, 11) is 0. The highest BCUT2D eigenvalue weighted by Crippen LogP contribution is 2.08. The van der Waals surface area contributed by atoms with E-state index in [0.717, 1.165) is 11.1 Å². The number of carbonyl (C=O) groups excluding carboxylic acids is 1. The van der Waals surface area contributed by atoms with Crippen LogP contribution in [0, 0.1) is 0 Å². The van der Waals surface area contributed by atoms with E-state index in [9.17, 15) is 4.79 Å². The normalized spacial score (nSPS) is 11.9. The predicted molar refractivity (Wildman–Crippen MR) is 92.5 cm³/mol. The van der Waals surface area contributed by atoms with Gasteiger partial charge >= 0.3 is 6.09 Å². The summed E-state index contributed by atoms with van der Waals surface area (Å²) < 4.78 is 5.31. The topological polar surface area (TPSA) is 50.7 Å². The lowest BCUT2D eigenvalue weighted by Gasteiger charge is -2.20. The van der Waals surface area contributed by atoms with Gasteiger partial charge in [-0.2, -0.15) is 0 Å². The van der Waals surface area contributed by atoms with Crippen molar-refractivity contribution < 1.29 is 9.53 Å². The van der Waals surface area contributed by atoms with E-state index in [1.54, 1.807) is 0 Å². The molecule has 2 aromatic carbocycles. The second kappa shape index (κ2) is 7.58. The van der Waals surface area contributed by atoms with Gasteiger partial charge in [-0.15, -0.1) is 0 Å². The molecule has 0 unspecified atom stereocenters. The molecule has 4 nitrogen and oxygen atoms in total. The Morgan fingerprint density at radius 1 is 1.00 bits per heavy atom. The predicted octanol–water partition coefficient (Wildman–Crippen LogP) is 4.16. The van der Waals surface area contributed by atoms with Gasteiger partial charge in [-0.1, -0.05) is 60.7 Å². The molecule has 23 heavy (non-hydrogen) atoms. The fraction of sp³-hybridized carbons (Fsp3) is 0.263. The molecule has 0 fully saturated rings. The summed E-state index contributed by atoms with van der Waals surface area (Å²) >= 11 is 0. The molecule has 120 valence electrons. The Morgan fingerprint density at radius 2 is 1.57 bits per heavy atom. The first-order valence-corrected chi connectivity index (χ1v) is 7.58. The fourth-order valence-electron chi connectivity index (χ4n) is 1.95. The highest BCUT2D eigenvalue weighted by atomic mass is 16.6. The molecular weight excluding hydrogens is 288 g/mol. The lowest BCUT2D eigenvalue weighted by Crippen LogP contribution is -2.36. The van der Waals surface area contributed by atoms with E-state index < -0.39 is 11.7 Å². The molecule has 1 amide bonds. The molecule has 0 aromatic heterocycles. The van der Waals surface area contributed by atoms with Crippen LogP contribution in [0.4, 0.5) is 4.79 Å². The van der Waals surface area contributed by atoms with Crippen LogP contribution in [0.3, 0.4) is 0 Å². The number of nitrogens with one attached hydrogen (secondary N) is 1. The van der Waals surface area contributed by atoms with Crippen molar-refractivity contribution in [3.63, 3.8) is 0 Å². The van der Waals surface area contributed by atoms with Gasteiger partial charge in [-0.05, 0) is 26.3 Å². The molecule has 2 rings (SSSR count). The first kappa shape index (κ1) is 16.7. The minimum Gasteiger partial charge on any atom is -0.444 e. The number of hydrogen-bond acceptors (Lipinski definition) is 3. The second-order valence-corrected chi connectivity index (χ2v) is 6.14. The molecule has 0 heterocycles. The number of aliphatic imine (C=N–C) groups is 1. The van der Waals surface area contributed by atoms with Crippen LogP contribution in [0.1, 0.15) is 31.9 Å². The van der Waals surface area contributed by atoms with E-state index in [2.05, 4.69) is 10.3 Å². The Kier molecular flexibility index (Phi) is 5.52. The first-order valence-electron chi connectivity index (χ1n) is 7.58. The van der Waals surface area contributed by atoms with E-state index >= 15 is 0 Å². The van der Waals surface area contributed by atoms with Gasteiger partial charge in [0.25, 0.3) is 0 Å². The number of benzene rings is 2. The van der Waals surface area contributed by atoms with E-state index in [0.29, 0.717) is 12.4 Å².